The molecule has 2 aromatic rings. The number of aryl methyl sites for hydroxylation is 1. The third kappa shape index (κ3) is 5.89. The molecule has 0 amide bonds. The molecule has 130 valence electrons. The van der Waals surface area contributed by atoms with Crippen LogP contribution < -0.4 is 15.5 Å². The van der Waals surface area contributed by atoms with Crippen LogP contribution in [0.2, 0.25) is 0 Å². The molecule has 0 aliphatic carbocycles. The van der Waals surface area contributed by atoms with E-state index in [1.54, 1.807) is 11.3 Å². The molecule has 5 heteroatoms. The first kappa shape index (κ1) is 18.9. The lowest BCUT2D eigenvalue weighted by molar-refractivity contribution is -0.890. The van der Waals surface area contributed by atoms with Crippen LogP contribution in [0.4, 0.5) is 5.69 Å². The maximum absolute atomic E-state index is 5.45. The summed E-state index contributed by atoms with van der Waals surface area (Å²) < 4.78 is 0. The van der Waals surface area contributed by atoms with Gasteiger partial charge in [-0.25, -0.2) is 0 Å². The Morgan fingerprint density at radius 1 is 1.21 bits per heavy atom. The lowest BCUT2D eigenvalue weighted by Gasteiger charge is -2.21. The van der Waals surface area contributed by atoms with E-state index in [1.807, 2.05) is 0 Å². The molecule has 0 aliphatic heterocycles. The number of unbranched alkanes of at least 4 members (excludes halogenated alkanes) is 1. The van der Waals surface area contributed by atoms with Crippen LogP contribution in [0.3, 0.4) is 0 Å². The Labute approximate surface area is 155 Å². The van der Waals surface area contributed by atoms with Crippen molar-refractivity contribution in [2.24, 2.45) is 0 Å². The summed E-state index contributed by atoms with van der Waals surface area (Å²) >= 11 is 7.24. The van der Waals surface area contributed by atoms with Crippen molar-refractivity contribution in [2.45, 2.75) is 32.2 Å². The summed E-state index contributed by atoms with van der Waals surface area (Å²) in [7, 11) is 4.36. The molecule has 3 nitrogen and oxygen atoms in total. The Bertz CT molecular complexity index is 606. The van der Waals surface area contributed by atoms with Gasteiger partial charge < -0.3 is 15.5 Å². The molecule has 3 N–H and O–H groups in total. The molecule has 0 saturated heterocycles. The number of rotatable bonds is 8. The molecule has 0 radical (unpaired) electrons. The fourth-order valence-electron chi connectivity index (χ4n) is 2.58. The van der Waals surface area contributed by atoms with Crippen molar-refractivity contribution in [1.29, 1.82) is 0 Å². The van der Waals surface area contributed by atoms with Crippen molar-refractivity contribution in [3.05, 3.63) is 52.2 Å². The molecule has 0 spiro atoms. The van der Waals surface area contributed by atoms with Gasteiger partial charge in [0.1, 0.15) is 6.04 Å². The van der Waals surface area contributed by atoms with E-state index in [2.05, 4.69) is 73.4 Å². The number of quaternary nitrogens is 1. The minimum absolute atomic E-state index is 0.404. The topological polar surface area (TPSA) is 28.5 Å². The Hall–Kier alpha value is -1.43. The number of hydrogen-bond donors (Lipinski definition) is 3. The molecule has 1 atom stereocenters. The zero-order valence-electron chi connectivity index (χ0n) is 14.8. The minimum atomic E-state index is 0.404. The van der Waals surface area contributed by atoms with Crippen LogP contribution in [-0.4, -0.2) is 25.8 Å². The summed E-state index contributed by atoms with van der Waals surface area (Å²) in [5, 5.41) is 9.44. The largest absolute Gasteiger partial charge is 0.356 e. The second-order valence-electron chi connectivity index (χ2n) is 6.28. The number of hydrogen-bond acceptors (Lipinski definition) is 2. The lowest BCUT2D eigenvalue weighted by atomic mass is 10.1. The van der Waals surface area contributed by atoms with Crippen molar-refractivity contribution in [3.8, 4) is 0 Å². The van der Waals surface area contributed by atoms with E-state index in [-0.39, 0.29) is 0 Å². The second-order valence-corrected chi connectivity index (χ2v) is 7.67. The average molecular weight is 363 g/mol. The van der Waals surface area contributed by atoms with Gasteiger partial charge in [-0.3, -0.25) is 0 Å². The molecule has 1 heterocycles. The van der Waals surface area contributed by atoms with E-state index >= 15 is 0 Å². The molecular weight excluding hydrogens is 334 g/mol. The zero-order valence-corrected chi connectivity index (χ0v) is 16.4. The normalized spacial score (nSPS) is 12.2. The minimum Gasteiger partial charge on any atom is -0.356 e. The van der Waals surface area contributed by atoms with Crippen LogP contribution in [0.25, 0.3) is 0 Å². The van der Waals surface area contributed by atoms with Crippen LogP contribution in [0, 0.1) is 0 Å². The van der Waals surface area contributed by atoms with Crippen molar-refractivity contribution in [3.63, 3.8) is 0 Å². The standard InChI is InChI=1S/C19H27N3S2/c1-4-5-7-15-9-11-16(12-10-15)21-19(23)20-14-17(22(2)3)18-8-6-13-24-18/h6,8-13,17H,4-5,7,14H2,1-3H3,(H2,20,21,23)/p+1/t17-/m0/s1. The summed E-state index contributed by atoms with van der Waals surface area (Å²) in [4.78, 5) is 2.78. The van der Waals surface area contributed by atoms with E-state index in [1.165, 1.54) is 28.2 Å². The Morgan fingerprint density at radius 3 is 2.54 bits per heavy atom. The summed E-state index contributed by atoms with van der Waals surface area (Å²) in [6.07, 6.45) is 3.62. The Morgan fingerprint density at radius 2 is 1.96 bits per heavy atom. The molecule has 0 bridgehead atoms. The van der Waals surface area contributed by atoms with Crippen LogP contribution in [0.5, 0.6) is 0 Å². The maximum atomic E-state index is 5.45. The SMILES string of the molecule is CCCCc1ccc(NC(=S)NC[C@@H](c2cccs2)[NH+](C)C)cc1. The van der Waals surface area contributed by atoms with Crippen LogP contribution >= 0.6 is 23.6 Å². The predicted molar refractivity (Wildman–Crippen MR) is 109 cm³/mol. The van der Waals surface area contributed by atoms with Crippen molar-refractivity contribution < 1.29 is 4.90 Å². The number of anilines is 1. The third-order valence-corrected chi connectivity index (χ3v) is 5.31. The smallest absolute Gasteiger partial charge is 0.171 e. The Kier molecular flexibility index (Phi) is 7.69. The van der Waals surface area contributed by atoms with Gasteiger partial charge in [-0.1, -0.05) is 31.5 Å². The van der Waals surface area contributed by atoms with Crippen LogP contribution in [0.15, 0.2) is 41.8 Å². The predicted octanol–water partition coefficient (Wildman–Crippen LogP) is 3.26. The Balaban J connectivity index is 1.84. The van der Waals surface area contributed by atoms with Gasteiger partial charge in [0.15, 0.2) is 5.11 Å². The highest BCUT2D eigenvalue weighted by Crippen LogP contribution is 2.16. The molecule has 0 aliphatic rings. The summed E-state index contributed by atoms with van der Waals surface area (Å²) in [6.45, 7) is 3.04. The highest BCUT2D eigenvalue weighted by Gasteiger charge is 2.18. The summed E-state index contributed by atoms with van der Waals surface area (Å²) in [6, 6.07) is 13.3. The second kappa shape index (κ2) is 9.77. The summed E-state index contributed by atoms with van der Waals surface area (Å²) in [5.41, 5.74) is 2.42. The van der Waals surface area contributed by atoms with Crippen LogP contribution in [0.1, 0.15) is 36.2 Å². The van der Waals surface area contributed by atoms with Gasteiger partial charge in [-0.2, -0.15) is 0 Å². The van der Waals surface area contributed by atoms with E-state index in [4.69, 9.17) is 12.2 Å². The number of nitrogens with one attached hydrogen (secondary N) is 3. The van der Waals surface area contributed by atoms with E-state index < -0.39 is 0 Å². The van der Waals surface area contributed by atoms with Crippen molar-refractivity contribution in [1.82, 2.24) is 5.32 Å². The number of likely N-dealkylation sites (N-methyl/N-ethyl adjacent to an activating group) is 1. The molecule has 2 rings (SSSR count). The molecule has 24 heavy (non-hydrogen) atoms. The van der Waals surface area contributed by atoms with Gasteiger partial charge in [-0.05, 0) is 54.2 Å². The first-order valence-electron chi connectivity index (χ1n) is 8.57. The molecule has 0 saturated carbocycles. The average Bonchev–Trinajstić information content (AvgIpc) is 3.08. The van der Waals surface area contributed by atoms with Gasteiger partial charge in [0, 0.05) is 5.69 Å². The fourth-order valence-corrected chi connectivity index (χ4v) is 3.74. The lowest BCUT2D eigenvalue weighted by Crippen LogP contribution is -3.06. The van der Waals surface area contributed by atoms with Gasteiger partial charge in [-0.15, -0.1) is 11.3 Å². The molecular formula is C19H28N3S2+. The highest BCUT2D eigenvalue weighted by molar-refractivity contribution is 7.80. The molecule has 1 aromatic heterocycles. The van der Waals surface area contributed by atoms with E-state index in [9.17, 15) is 0 Å². The molecule has 0 fully saturated rings. The third-order valence-electron chi connectivity index (χ3n) is 4.08. The number of thiocarbonyl (C=S) groups is 1. The monoisotopic (exact) mass is 362 g/mol. The number of thiophene rings is 1. The molecule has 0 unspecified atom stereocenters. The van der Waals surface area contributed by atoms with E-state index in [0.717, 1.165) is 18.7 Å². The van der Waals surface area contributed by atoms with Gasteiger partial charge in [0.25, 0.3) is 0 Å². The van der Waals surface area contributed by atoms with Crippen LogP contribution in [-0.2, 0) is 6.42 Å². The highest BCUT2D eigenvalue weighted by atomic mass is 32.1. The first-order chi connectivity index (χ1) is 11.6. The fraction of sp³-hybridized carbons (Fsp3) is 0.421. The van der Waals surface area contributed by atoms with Gasteiger partial charge in [0.2, 0.25) is 0 Å². The number of benzene rings is 1. The summed E-state index contributed by atoms with van der Waals surface area (Å²) in [5.74, 6) is 0. The van der Waals surface area contributed by atoms with Crippen molar-refractivity contribution >= 4 is 34.4 Å². The van der Waals surface area contributed by atoms with Crippen molar-refractivity contribution in [2.75, 3.05) is 26.0 Å². The van der Waals surface area contributed by atoms with E-state index in [0.29, 0.717) is 11.2 Å². The first-order valence-corrected chi connectivity index (χ1v) is 9.86. The van der Waals surface area contributed by atoms with Gasteiger partial charge in [0.05, 0.1) is 25.5 Å². The zero-order chi connectivity index (χ0) is 17.4. The maximum Gasteiger partial charge on any atom is 0.171 e. The molecule has 1 aromatic carbocycles. The quantitative estimate of drug-likeness (QED) is 0.630. The van der Waals surface area contributed by atoms with Gasteiger partial charge >= 0.3 is 0 Å².